The van der Waals surface area contributed by atoms with Crippen molar-refractivity contribution in [1.82, 2.24) is 5.32 Å². The Morgan fingerprint density at radius 3 is 3.00 bits per heavy atom. The van der Waals surface area contributed by atoms with Gasteiger partial charge in [-0.1, -0.05) is 0 Å². The molecule has 4 nitrogen and oxygen atoms in total. The van der Waals surface area contributed by atoms with Crippen LogP contribution in [0.4, 0.5) is 0 Å². The van der Waals surface area contributed by atoms with Gasteiger partial charge >= 0.3 is 0 Å². The first-order chi connectivity index (χ1) is 5.83. The van der Waals surface area contributed by atoms with Crippen molar-refractivity contribution in [2.75, 3.05) is 32.9 Å². The zero-order chi connectivity index (χ0) is 8.44. The summed E-state index contributed by atoms with van der Waals surface area (Å²) in [7, 11) is 0. The molecule has 0 aromatic heterocycles. The van der Waals surface area contributed by atoms with Gasteiger partial charge in [-0.05, 0) is 6.42 Å². The van der Waals surface area contributed by atoms with E-state index in [1.54, 1.807) is 0 Å². The molecule has 70 valence electrons. The smallest absolute Gasteiger partial charge is 0.130 e. The summed E-state index contributed by atoms with van der Waals surface area (Å²) in [5.74, 6) is 0. The Morgan fingerprint density at radius 1 is 1.42 bits per heavy atom. The molecule has 2 saturated heterocycles. The first-order valence-electron chi connectivity index (χ1n) is 4.44. The topological polar surface area (TPSA) is 50.7 Å². The summed E-state index contributed by atoms with van der Waals surface area (Å²) in [5, 5.41) is 13.0. The minimum atomic E-state index is -0.462. The lowest BCUT2D eigenvalue weighted by Crippen LogP contribution is -2.61. The average molecular weight is 173 g/mol. The van der Waals surface area contributed by atoms with E-state index in [0.29, 0.717) is 32.8 Å². The van der Waals surface area contributed by atoms with E-state index in [2.05, 4.69) is 5.32 Å². The number of ether oxygens (including phenoxy) is 2. The molecule has 12 heavy (non-hydrogen) atoms. The van der Waals surface area contributed by atoms with Crippen molar-refractivity contribution in [3.8, 4) is 0 Å². The third kappa shape index (κ3) is 1.35. The van der Waals surface area contributed by atoms with Crippen molar-refractivity contribution in [2.45, 2.75) is 18.1 Å². The molecule has 2 atom stereocenters. The van der Waals surface area contributed by atoms with Gasteiger partial charge in [0, 0.05) is 19.7 Å². The Balaban J connectivity index is 2.04. The van der Waals surface area contributed by atoms with Crippen LogP contribution in [-0.4, -0.2) is 49.7 Å². The van der Waals surface area contributed by atoms with E-state index in [4.69, 9.17) is 9.47 Å². The van der Waals surface area contributed by atoms with Crippen molar-refractivity contribution in [2.24, 2.45) is 0 Å². The van der Waals surface area contributed by atoms with E-state index < -0.39 is 5.60 Å². The Hall–Kier alpha value is -0.160. The van der Waals surface area contributed by atoms with Crippen LogP contribution in [0.15, 0.2) is 0 Å². The molecule has 4 heteroatoms. The molecule has 0 aromatic carbocycles. The number of morpholine rings is 1. The monoisotopic (exact) mass is 173 g/mol. The molecule has 1 spiro atoms. The van der Waals surface area contributed by atoms with Crippen LogP contribution < -0.4 is 5.32 Å². The zero-order valence-corrected chi connectivity index (χ0v) is 7.08. The molecular weight excluding hydrogens is 158 g/mol. The molecule has 2 aliphatic rings. The standard InChI is InChI=1S/C8H15NO3/c10-7-1-3-11-6-8(7)5-9-2-4-12-8/h7,9-10H,1-6H2/t7-,8+/m1/s1. The van der Waals surface area contributed by atoms with E-state index in [1.807, 2.05) is 0 Å². The highest BCUT2D eigenvalue weighted by atomic mass is 16.6. The third-order valence-electron chi connectivity index (χ3n) is 2.58. The predicted octanol–water partition coefficient (Wildman–Crippen LogP) is -0.874. The molecule has 2 aliphatic heterocycles. The van der Waals surface area contributed by atoms with Crippen molar-refractivity contribution in [1.29, 1.82) is 0 Å². The molecular formula is C8H15NO3. The lowest BCUT2D eigenvalue weighted by Gasteiger charge is -2.43. The lowest BCUT2D eigenvalue weighted by molar-refractivity contribution is -0.197. The molecule has 2 fully saturated rings. The number of aliphatic hydroxyl groups excluding tert-OH is 1. The second kappa shape index (κ2) is 3.30. The summed E-state index contributed by atoms with van der Waals surface area (Å²) in [4.78, 5) is 0. The number of nitrogens with one attached hydrogen (secondary N) is 1. The lowest BCUT2D eigenvalue weighted by atomic mass is 9.92. The minimum Gasteiger partial charge on any atom is -0.390 e. The molecule has 0 bridgehead atoms. The first kappa shape index (κ1) is 8.44. The molecule has 0 aromatic rings. The number of aliphatic hydroxyl groups is 1. The van der Waals surface area contributed by atoms with Gasteiger partial charge in [0.1, 0.15) is 5.60 Å². The Kier molecular flexibility index (Phi) is 2.32. The summed E-state index contributed by atoms with van der Waals surface area (Å²) in [6, 6.07) is 0. The number of hydrogen-bond acceptors (Lipinski definition) is 4. The quantitative estimate of drug-likeness (QED) is 0.500. The number of hydrogen-bond donors (Lipinski definition) is 2. The molecule has 0 unspecified atom stereocenters. The molecule has 0 aliphatic carbocycles. The summed E-state index contributed by atoms with van der Waals surface area (Å²) in [5.41, 5.74) is -0.462. The van der Waals surface area contributed by atoms with Crippen LogP contribution in [-0.2, 0) is 9.47 Å². The Bertz CT molecular complexity index is 148. The van der Waals surface area contributed by atoms with Crippen LogP contribution >= 0.6 is 0 Å². The Labute approximate surface area is 71.9 Å². The highest BCUT2D eigenvalue weighted by Crippen LogP contribution is 2.24. The van der Waals surface area contributed by atoms with Gasteiger partial charge in [0.2, 0.25) is 0 Å². The van der Waals surface area contributed by atoms with Gasteiger partial charge in [-0.15, -0.1) is 0 Å². The normalized spacial score (nSPS) is 43.2. The van der Waals surface area contributed by atoms with E-state index in [0.717, 1.165) is 6.54 Å². The zero-order valence-electron chi connectivity index (χ0n) is 7.08. The second-order valence-corrected chi connectivity index (χ2v) is 3.45. The van der Waals surface area contributed by atoms with Crippen LogP contribution in [0.5, 0.6) is 0 Å². The van der Waals surface area contributed by atoms with Gasteiger partial charge in [-0.2, -0.15) is 0 Å². The largest absolute Gasteiger partial charge is 0.390 e. The van der Waals surface area contributed by atoms with Crippen LogP contribution in [0.25, 0.3) is 0 Å². The van der Waals surface area contributed by atoms with Crippen molar-refractivity contribution in [3.63, 3.8) is 0 Å². The fraction of sp³-hybridized carbons (Fsp3) is 1.00. The fourth-order valence-electron chi connectivity index (χ4n) is 1.78. The first-order valence-corrected chi connectivity index (χ1v) is 4.44. The molecule has 2 rings (SSSR count). The molecule has 0 amide bonds. The maximum atomic E-state index is 9.74. The summed E-state index contributed by atoms with van der Waals surface area (Å²) >= 11 is 0. The minimum absolute atomic E-state index is 0.376. The van der Waals surface area contributed by atoms with Crippen LogP contribution in [0, 0.1) is 0 Å². The summed E-state index contributed by atoms with van der Waals surface area (Å²) in [6.07, 6.45) is 0.306. The maximum Gasteiger partial charge on any atom is 0.130 e. The van der Waals surface area contributed by atoms with Crippen LogP contribution in [0.3, 0.4) is 0 Å². The molecule has 0 saturated carbocycles. The van der Waals surface area contributed by atoms with Gasteiger partial charge in [0.25, 0.3) is 0 Å². The highest BCUT2D eigenvalue weighted by molar-refractivity contribution is 4.95. The Morgan fingerprint density at radius 2 is 2.33 bits per heavy atom. The van der Waals surface area contributed by atoms with Gasteiger partial charge < -0.3 is 19.9 Å². The average Bonchev–Trinajstić information content (AvgIpc) is 2.12. The van der Waals surface area contributed by atoms with Crippen molar-refractivity contribution in [3.05, 3.63) is 0 Å². The van der Waals surface area contributed by atoms with E-state index in [1.165, 1.54) is 0 Å². The van der Waals surface area contributed by atoms with Gasteiger partial charge in [0.05, 0.1) is 19.3 Å². The SMILES string of the molecule is O[C@@H]1CCOC[C@@]12CNCCO2. The molecule has 2 N–H and O–H groups in total. The summed E-state index contributed by atoms with van der Waals surface area (Å²) in [6.45, 7) is 3.40. The fourth-order valence-corrected chi connectivity index (χ4v) is 1.78. The van der Waals surface area contributed by atoms with E-state index in [-0.39, 0.29) is 6.10 Å². The van der Waals surface area contributed by atoms with E-state index in [9.17, 15) is 5.11 Å². The summed E-state index contributed by atoms with van der Waals surface area (Å²) < 4.78 is 10.9. The second-order valence-electron chi connectivity index (χ2n) is 3.45. The molecule has 0 radical (unpaired) electrons. The van der Waals surface area contributed by atoms with Gasteiger partial charge in [-0.25, -0.2) is 0 Å². The van der Waals surface area contributed by atoms with E-state index >= 15 is 0 Å². The number of rotatable bonds is 0. The van der Waals surface area contributed by atoms with Gasteiger partial charge in [0.15, 0.2) is 0 Å². The maximum absolute atomic E-state index is 9.74. The molecule has 2 heterocycles. The van der Waals surface area contributed by atoms with Crippen LogP contribution in [0.1, 0.15) is 6.42 Å². The predicted molar refractivity (Wildman–Crippen MR) is 43.0 cm³/mol. The third-order valence-corrected chi connectivity index (χ3v) is 2.58. The highest BCUT2D eigenvalue weighted by Gasteiger charge is 2.43. The van der Waals surface area contributed by atoms with Crippen LogP contribution in [0.2, 0.25) is 0 Å². The van der Waals surface area contributed by atoms with Crippen molar-refractivity contribution >= 4 is 0 Å². The van der Waals surface area contributed by atoms with Crippen molar-refractivity contribution < 1.29 is 14.6 Å². The van der Waals surface area contributed by atoms with Gasteiger partial charge in [-0.3, -0.25) is 0 Å².